The molecule has 0 bridgehead atoms. The fourth-order valence-corrected chi connectivity index (χ4v) is 2.28. The maximum atomic E-state index is 12.3. The van der Waals surface area contributed by atoms with Gasteiger partial charge in [0, 0.05) is 20.6 Å². The van der Waals surface area contributed by atoms with Gasteiger partial charge in [0.2, 0.25) is 5.91 Å². The van der Waals surface area contributed by atoms with E-state index in [4.69, 9.17) is 5.11 Å². The number of aliphatic hydroxyl groups is 1. The van der Waals surface area contributed by atoms with E-state index in [0.717, 1.165) is 4.88 Å². The molecule has 1 rings (SSSR count). The molecule has 20 heavy (non-hydrogen) atoms. The van der Waals surface area contributed by atoms with Gasteiger partial charge in [0.25, 0.3) is 5.91 Å². The highest BCUT2D eigenvalue weighted by atomic mass is 32.1. The number of nitrogens with zero attached hydrogens (tertiary/aromatic N) is 2. The molecule has 1 N–H and O–H groups in total. The molecule has 1 heterocycles. The van der Waals surface area contributed by atoms with Crippen LogP contribution in [0.25, 0.3) is 0 Å². The Morgan fingerprint density at radius 3 is 2.60 bits per heavy atom. The molecule has 0 spiro atoms. The van der Waals surface area contributed by atoms with Crippen molar-refractivity contribution in [3.05, 3.63) is 21.9 Å². The van der Waals surface area contributed by atoms with Gasteiger partial charge in [0.1, 0.15) is 13.2 Å². The summed E-state index contributed by atoms with van der Waals surface area (Å²) in [5.41, 5.74) is 0. The molecule has 0 saturated carbocycles. The van der Waals surface area contributed by atoms with Gasteiger partial charge in [-0.25, -0.2) is 0 Å². The predicted octanol–water partition coefficient (Wildman–Crippen LogP) is 0.642. The van der Waals surface area contributed by atoms with Crippen molar-refractivity contribution in [1.82, 2.24) is 9.80 Å². The molecule has 0 radical (unpaired) electrons. The molecule has 0 atom stereocenters. The molecule has 1 aromatic heterocycles. The summed E-state index contributed by atoms with van der Waals surface area (Å²) >= 11 is 1.26. The lowest BCUT2D eigenvalue weighted by atomic mass is 10.3. The fourth-order valence-electron chi connectivity index (χ4n) is 1.43. The minimum absolute atomic E-state index is 0.0673. The second kappa shape index (κ2) is 7.68. The Bertz CT molecular complexity index is 540. The predicted molar refractivity (Wildman–Crippen MR) is 78.6 cm³/mol. The molecule has 2 amide bonds. The summed E-state index contributed by atoms with van der Waals surface area (Å²) in [5, 5.41) is 8.63. The van der Waals surface area contributed by atoms with Crippen LogP contribution in [0.1, 0.15) is 21.5 Å². The Morgan fingerprint density at radius 1 is 1.35 bits per heavy atom. The van der Waals surface area contributed by atoms with Crippen LogP contribution in [-0.2, 0) is 4.79 Å². The number of hydrogen-bond acceptors (Lipinski definition) is 4. The number of rotatable bonds is 4. The third-order valence-electron chi connectivity index (χ3n) is 2.60. The van der Waals surface area contributed by atoms with Crippen LogP contribution in [-0.4, -0.2) is 60.5 Å². The van der Waals surface area contributed by atoms with Crippen molar-refractivity contribution in [2.45, 2.75) is 6.92 Å². The summed E-state index contributed by atoms with van der Waals surface area (Å²) in [6.45, 7) is 2.16. The molecular formula is C14H18N2O3S. The number of carbonyl (C=O) groups is 2. The summed E-state index contributed by atoms with van der Waals surface area (Å²) < 4.78 is 0. The van der Waals surface area contributed by atoms with Crippen molar-refractivity contribution in [1.29, 1.82) is 0 Å². The topological polar surface area (TPSA) is 60.9 Å². The Morgan fingerprint density at radius 2 is 2.05 bits per heavy atom. The zero-order valence-corrected chi connectivity index (χ0v) is 12.7. The van der Waals surface area contributed by atoms with E-state index in [2.05, 4.69) is 11.8 Å². The quantitative estimate of drug-likeness (QED) is 0.829. The summed E-state index contributed by atoms with van der Waals surface area (Å²) in [4.78, 5) is 28.2. The van der Waals surface area contributed by atoms with Crippen molar-refractivity contribution in [2.24, 2.45) is 0 Å². The first-order valence-electron chi connectivity index (χ1n) is 6.18. The van der Waals surface area contributed by atoms with Crippen LogP contribution in [0.15, 0.2) is 12.1 Å². The summed E-state index contributed by atoms with van der Waals surface area (Å²) in [7, 11) is 3.32. The first kappa shape index (κ1) is 16.2. The number of thiophene rings is 1. The van der Waals surface area contributed by atoms with Gasteiger partial charge >= 0.3 is 0 Å². The minimum Gasteiger partial charge on any atom is -0.384 e. The third kappa shape index (κ3) is 4.37. The lowest BCUT2D eigenvalue weighted by molar-refractivity contribution is -0.129. The second-order valence-corrected chi connectivity index (χ2v) is 5.32. The molecule has 0 fully saturated rings. The molecule has 5 nitrogen and oxygen atoms in total. The normalized spacial score (nSPS) is 9.60. The van der Waals surface area contributed by atoms with Gasteiger partial charge in [-0.15, -0.1) is 11.3 Å². The maximum absolute atomic E-state index is 12.3. The molecule has 0 saturated heterocycles. The number of likely N-dealkylation sites (N-methyl/N-ethyl adjacent to an activating group) is 2. The van der Waals surface area contributed by atoms with Gasteiger partial charge in [0.05, 0.1) is 9.75 Å². The van der Waals surface area contributed by atoms with Gasteiger partial charge in [0.15, 0.2) is 0 Å². The number of hydrogen-bond donors (Lipinski definition) is 1. The highest BCUT2D eigenvalue weighted by Gasteiger charge is 2.19. The van der Waals surface area contributed by atoms with Crippen LogP contribution in [0.2, 0.25) is 0 Å². The number of aliphatic hydroxyl groups excluding tert-OH is 1. The Labute approximate surface area is 122 Å². The van der Waals surface area contributed by atoms with E-state index in [-0.39, 0.29) is 25.0 Å². The van der Waals surface area contributed by atoms with Gasteiger partial charge in [-0.05, 0) is 19.1 Å². The Balaban J connectivity index is 2.80. The van der Waals surface area contributed by atoms with Crippen LogP contribution in [0.5, 0.6) is 0 Å². The molecule has 6 heteroatoms. The molecule has 0 aromatic carbocycles. The van der Waals surface area contributed by atoms with Gasteiger partial charge in [-0.2, -0.15) is 0 Å². The third-order valence-corrected chi connectivity index (χ3v) is 3.59. The molecule has 108 valence electrons. The number of amides is 2. The minimum atomic E-state index is -0.209. The first-order valence-corrected chi connectivity index (χ1v) is 7.00. The second-order valence-electron chi connectivity index (χ2n) is 4.23. The number of carbonyl (C=O) groups excluding carboxylic acids is 2. The fraction of sp³-hybridized carbons (Fsp3) is 0.429. The lowest BCUT2D eigenvalue weighted by Crippen LogP contribution is -2.39. The van der Waals surface area contributed by atoms with Crippen molar-refractivity contribution in [2.75, 3.05) is 33.8 Å². The van der Waals surface area contributed by atoms with Crippen molar-refractivity contribution >= 4 is 23.2 Å². The summed E-state index contributed by atoms with van der Waals surface area (Å²) in [6, 6.07) is 3.43. The van der Waals surface area contributed by atoms with Gasteiger partial charge in [-0.1, -0.05) is 11.8 Å². The van der Waals surface area contributed by atoms with Crippen LogP contribution in [0.4, 0.5) is 0 Å². The average Bonchev–Trinajstić information content (AvgIpc) is 2.90. The zero-order chi connectivity index (χ0) is 15.1. The SMILES string of the molecule is CCN(CC(=O)N(C)C)C(=O)c1ccc(C#CCO)s1. The van der Waals surface area contributed by atoms with Crippen molar-refractivity contribution < 1.29 is 14.7 Å². The van der Waals surface area contributed by atoms with Crippen molar-refractivity contribution in [3.8, 4) is 11.8 Å². The summed E-state index contributed by atoms with van der Waals surface area (Å²) in [6.07, 6.45) is 0. The summed E-state index contributed by atoms with van der Waals surface area (Å²) in [5.74, 6) is 5.01. The van der Waals surface area contributed by atoms with E-state index in [0.29, 0.717) is 11.4 Å². The molecular weight excluding hydrogens is 276 g/mol. The maximum Gasteiger partial charge on any atom is 0.264 e. The smallest absolute Gasteiger partial charge is 0.264 e. The van der Waals surface area contributed by atoms with E-state index in [1.807, 2.05) is 6.92 Å². The zero-order valence-electron chi connectivity index (χ0n) is 11.8. The van der Waals surface area contributed by atoms with E-state index < -0.39 is 0 Å². The van der Waals surface area contributed by atoms with E-state index in [9.17, 15) is 9.59 Å². The van der Waals surface area contributed by atoms with Gasteiger partial charge in [-0.3, -0.25) is 9.59 Å². The van der Waals surface area contributed by atoms with E-state index in [1.165, 1.54) is 21.1 Å². The molecule has 0 unspecified atom stereocenters. The van der Waals surface area contributed by atoms with Crippen LogP contribution in [0, 0.1) is 11.8 Å². The molecule has 1 aromatic rings. The van der Waals surface area contributed by atoms with E-state index in [1.54, 1.807) is 26.2 Å². The standard InChI is InChI=1S/C14H18N2O3S/c1-4-16(10-13(18)15(2)3)14(19)12-8-7-11(20-12)6-5-9-17/h7-8,17H,4,9-10H2,1-3H3. The highest BCUT2D eigenvalue weighted by molar-refractivity contribution is 7.14. The van der Waals surface area contributed by atoms with Gasteiger partial charge < -0.3 is 14.9 Å². The van der Waals surface area contributed by atoms with Crippen LogP contribution < -0.4 is 0 Å². The lowest BCUT2D eigenvalue weighted by Gasteiger charge is -2.21. The van der Waals surface area contributed by atoms with Crippen molar-refractivity contribution in [3.63, 3.8) is 0 Å². The average molecular weight is 294 g/mol. The molecule has 0 aliphatic carbocycles. The molecule has 0 aliphatic rings. The Hall–Kier alpha value is -1.84. The van der Waals surface area contributed by atoms with E-state index >= 15 is 0 Å². The molecule has 0 aliphatic heterocycles. The van der Waals surface area contributed by atoms with Crippen LogP contribution in [0.3, 0.4) is 0 Å². The Kier molecular flexibility index (Phi) is 6.22. The van der Waals surface area contributed by atoms with Crippen LogP contribution >= 0.6 is 11.3 Å². The monoisotopic (exact) mass is 294 g/mol. The first-order chi connectivity index (χ1) is 9.49. The largest absolute Gasteiger partial charge is 0.384 e. The highest BCUT2D eigenvalue weighted by Crippen LogP contribution is 2.17.